The van der Waals surface area contributed by atoms with Crippen LogP contribution in [0.4, 0.5) is 4.39 Å². The average molecular weight is 637 g/mol. The van der Waals surface area contributed by atoms with E-state index in [1.165, 1.54) is 64.1 Å². The maximum Gasteiger partial charge on any atom is 0.338 e. The van der Waals surface area contributed by atoms with E-state index in [0.717, 1.165) is 0 Å². The highest BCUT2D eigenvalue weighted by Crippen LogP contribution is 2.28. The van der Waals surface area contributed by atoms with Gasteiger partial charge in [-0.3, -0.25) is 0 Å². The molecule has 8 nitrogen and oxygen atoms in total. The van der Waals surface area contributed by atoms with Crippen LogP contribution in [0.5, 0.6) is 23.0 Å². The molecule has 240 valence electrons. The summed E-state index contributed by atoms with van der Waals surface area (Å²) in [5.74, 6) is -2.75. The largest absolute Gasteiger partial charge is 0.423 e. The van der Waals surface area contributed by atoms with E-state index in [1.54, 1.807) is 42.5 Å². The number of benzene rings is 3. The van der Waals surface area contributed by atoms with Crippen LogP contribution < -0.4 is 18.9 Å². The number of carbonyl (C=O) groups is 4. The Hall–Kier alpha value is -6.09. The Bertz CT molecular complexity index is 1780. The van der Waals surface area contributed by atoms with Crippen LogP contribution in [0.3, 0.4) is 0 Å². The molecule has 0 aliphatic rings. The molecule has 9 heteroatoms. The highest BCUT2D eigenvalue weighted by molar-refractivity contribution is 5.91. The van der Waals surface area contributed by atoms with Crippen LogP contribution >= 0.6 is 0 Å². The van der Waals surface area contributed by atoms with Gasteiger partial charge in [-0.25, -0.2) is 23.6 Å². The highest BCUT2D eigenvalue weighted by atomic mass is 19.1. The lowest BCUT2D eigenvalue weighted by molar-refractivity contribution is -0.131. The van der Waals surface area contributed by atoms with Crippen molar-refractivity contribution in [2.45, 2.75) is 27.7 Å². The number of esters is 4. The van der Waals surface area contributed by atoms with Crippen LogP contribution in [0.25, 0.3) is 24.3 Å². The van der Waals surface area contributed by atoms with Crippen LogP contribution in [0.2, 0.25) is 0 Å². The molecule has 3 aromatic rings. The quantitative estimate of drug-likeness (QED) is 0.0850. The fraction of sp³-hybridized carbons (Fsp3) is 0.105. The van der Waals surface area contributed by atoms with E-state index < -0.39 is 29.7 Å². The Labute approximate surface area is 272 Å². The van der Waals surface area contributed by atoms with Crippen molar-refractivity contribution in [3.05, 3.63) is 131 Å². The second-order valence-corrected chi connectivity index (χ2v) is 10.6. The Morgan fingerprint density at radius 1 is 0.489 bits per heavy atom. The van der Waals surface area contributed by atoms with E-state index in [1.807, 2.05) is 0 Å². The zero-order valence-electron chi connectivity index (χ0n) is 26.5. The van der Waals surface area contributed by atoms with E-state index >= 15 is 4.39 Å². The predicted molar refractivity (Wildman–Crippen MR) is 179 cm³/mol. The monoisotopic (exact) mass is 636 g/mol. The second kappa shape index (κ2) is 15.8. The molecule has 0 aliphatic heterocycles. The van der Waals surface area contributed by atoms with Crippen molar-refractivity contribution >= 4 is 48.2 Å². The zero-order chi connectivity index (χ0) is 34.8. The van der Waals surface area contributed by atoms with Crippen molar-refractivity contribution in [3.8, 4) is 23.0 Å². The van der Waals surface area contributed by atoms with Crippen LogP contribution in [-0.4, -0.2) is 23.9 Å². The molecule has 0 aromatic heterocycles. The molecule has 47 heavy (non-hydrogen) atoms. The number of rotatable bonds is 12. The lowest BCUT2D eigenvalue weighted by Crippen LogP contribution is -2.10. The summed E-state index contributed by atoms with van der Waals surface area (Å²) < 4.78 is 36.4. The van der Waals surface area contributed by atoms with Gasteiger partial charge >= 0.3 is 23.9 Å². The number of hydrogen-bond donors (Lipinski definition) is 0. The number of ether oxygens (including phenoxy) is 4. The van der Waals surface area contributed by atoms with Gasteiger partial charge in [0.05, 0.1) is 0 Å². The average Bonchev–Trinajstić information content (AvgIpc) is 2.99. The first-order valence-electron chi connectivity index (χ1n) is 14.1. The third-order valence-electron chi connectivity index (χ3n) is 5.99. The third kappa shape index (κ3) is 10.8. The molecule has 3 aromatic carbocycles. The minimum absolute atomic E-state index is 0.0987. The Morgan fingerprint density at radius 2 is 0.809 bits per heavy atom. The molecule has 0 spiro atoms. The molecule has 0 N–H and O–H groups in total. The molecular formula is C38H33FO8. The Morgan fingerprint density at radius 3 is 1.13 bits per heavy atom. The normalized spacial score (nSPS) is 10.7. The van der Waals surface area contributed by atoms with Gasteiger partial charge in [0.2, 0.25) is 0 Å². The van der Waals surface area contributed by atoms with Crippen LogP contribution in [-0.2, 0) is 19.2 Å². The van der Waals surface area contributed by atoms with Crippen molar-refractivity contribution in [2.24, 2.45) is 0 Å². The van der Waals surface area contributed by atoms with Crippen molar-refractivity contribution in [2.75, 3.05) is 0 Å². The second-order valence-electron chi connectivity index (χ2n) is 10.6. The first-order valence-corrected chi connectivity index (χ1v) is 14.1. The summed E-state index contributed by atoms with van der Waals surface area (Å²) in [6.45, 7) is 20.2. The molecule has 0 radical (unpaired) electrons. The Balaban J connectivity index is 1.88. The maximum atomic E-state index is 15.2. The van der Waals surface area contributed by atoms with Crippen molar-refractivity contribution < 1.29 is 42.5 Å². The summed E-state index contributed by atoms with van der Waals surface area (Å²) in [6, 6.07) is 13.4. The van der Waals surface area contributed by atoms with E-state index in [-0.39, 0.29) is 50.9 Å². The molecule has 0 unspecified atom stereocenters. The van der Waals surface area contributed by atoms with E-state index in [2.05, 4.69) is 26.3 Å². The molecule has 0 saturated heterocycles. The number of hydrogen-bond acceptors (Lipinski definition) is 8. The smallest absolute Gasteiger partial charge is 0.338 e. The molecule has 0 bridgehead atoms. The summed E-state index contributed by atoms with van der Waals surface area (Å²) in [7, 11) is 0. The summed E-state index contributed by atoms with van der Waals surface area (Å²) in [6.07, 6.45) is 6.33. The SMILES string of the molecule is C=C(C)C(=O)Oc1cc(C=Cc2ccc(C=Cc3cc(OC(=O)C(=C)C)cc(OC(=O)C(=C)C)c3)c(F)c2)cc(OC(=O)C(=C)C)c1. The van der Waals surface area contributed by atoms with Crippen molar-refractivity contribution in [1.82, 2.24) is 0 Å². The van der Waals surface area contributed by atoms with Crippen molar-refractivity contribution in [3.63, 3.8) is 0 Å². The molecule has 0 atom stereocenters. The Kier molecular flexibility index (Phi) is 11.9. The number of halogens is 1. The van der Waals surface area contributed by atoms with E-state index in [0.29, 0.717) is 16.7 Å². The predicted octanol–water partition coefficient (Wildman–Crippen LogP) is 8.09. The minimum Gasteiger partial charge on any atom is -0.423 e. The van der Waals surface area contributed by atoms with Gasteiger partial charge in [-0.05, 0) is 74.7 Å². The van der Waals surface area contributed by atoms with E-state index in [9.17, 15) is 19.2 Å². The molecule has 0 fully saturated rings. The molecule has 0 heterocycles. The van der Waals surface area contributed by atoms with Crippen LogP contribution in [0.1, 0.15) is 49.9 Å². The molecule has 0 amide bonds. The van der Waals surface area contributed by atoms with Gasteiger partial charge in [0.25, 0.3) is 0 Å². The molecule has 0 saturated carbocycles. The summed E-state index contributed by atoms with van der Waals surface area (Å²) in [5.41, 5.74) is 2.42. The topological polar surface area (TPSA) is 105 Å². The van der Waals surface area contributed by atoms with Gasteiger partial charge in [0.1, 0.15) is 28.8 Å². The lowest BCUT2D eigenvalue weighted by atomic mass is 10.1. The first kappa shape index (κ1) is 35.4. The van der Waals surface area contributed by atoms with Gasteiger partial charge in [-0.1, -0.05) is 62.8 Å². The molecule has 3 rings (SSSR count). The van der Waals surface area contributed by atoms with Gasteiger partial charge < -0.3 is 18.9 Å². The summed E-state index contributed by atoms with van der Waals surface area (Å²) in [5, 5.41) is 0. The molecular weight excluding hydrogens is 603 g/mol. The third-order valence-corrected chi connectivity index (χ3v) is 5.99. The molecule has 0 aliphatic carbocycles. The number of carbonyl (C=O) groups excluding carboxylic acids is 4. The highest BCUT2D eigenvalue weighted by Gasteiger charge is 2.13. The summed E-state index contributed by atoms with van der Waals surface area (Å²) in [4.78, 5) is 48.3. The summed E-state index contributed by atoms with van der Waals surface area (Å²) >= 11 is 0. The standard InChI is InChI=1S/C38H33FO8/c1-22(2)35(40)44-30-15-27(16-31(20-30)45-36(41)23(3)4)10-9-26-11-13-29(34(39)19-26)14-12-28-17-32(46-37(42)24(5)6)21-33(18-28)47-38(43)25(7)8/h9-21H,1,3,5,7H2,2,4,6,8H3. The van der Waals surface area contributed by atoms with Crippen LogP contribution in [0, 0.1) is 5.82 Å². The zero-order valence-corrected chi connectivity index (χ0v) is 26.5. The fourth-order valence-corrected chi connectivity index (χ4v) is 3.55. The fourth-order valence-electron chi connectivity index (χ4n) is 3.55. The minimum atomic E-state index is -0.665. The van der Waals surface area contributed by atoms with Gasteiger partial charge in [-0.15, -0.1) is 0 Å². The van der Waals surface area contributed by atoms with Gasteiger partial charge in [-0.2, -0.15) is 0 Å². The van der Waals surface area contributed by atoms with Crippen molar-refractivity contribution in [1.29, 1.82) is 0 Å². The van der Waals surface area contributed by atoms with Crippen LogP contribution in [0.15, 0.2) is 103 Å². The van der Waals surface area contributed by atoms with E-state index in [4.69, 9.17) is 18.9 Å². The maximum absolute atomic E-state index is 15.2. The van der Waals surface area contributed by atoms with Gasteiger partial charge in [0.15, 0.2) is 0 Å². The first-order chi connectivity index (χ1) is 22.1. The van der Waals surface area contributed by atoms with Gasteiger partial charge in [0, 0.05) is 40.0 Å². The lowest BCUT2D eigenvalue weighted by Gasteiger charge is -2.09.